The molecular formula is C16H22N2O4. The van der Waals surface area contributed by atoms with E-state index in [1.54, 1.807) is 21.9 Å². The minimum Gasteiger partial charge on any atom is -0.508 e. The number of hydrogen-bond donors (Lipinski definition) is 1. The number of hydrogen-bond acceptors (Lipinski definition) is 4. The van der Waals surface area contributed by atoms with Crippen LogP contribution in [0.2, 0.25) is 0 Å². The van der Waals surface area contributed by atoms with E-state index in [1.165, 1.54) is 12.1 Å². The van der Waals surface area contributed by atoms with Crippen LogP contribution in [0.25, 0.3) is 0 Å². The lowest BCUT2D eigenvalue weighted by Crippen LogP contribution is -2.51. The molecule has 0 bridgehead atoms. The van der Waals surface area contributed by atoms with Crippen molar-refractivity contribution >= 4 is 12.0 Å². The number of benzene rings is 1. The molecular weight excluding hydrogens is 284 g/mol. The van der Waals surface area contributed by atoms with Crippen LogP contribution in [0.3, 0.4) is 0 Å². The molecule has 6 heteroatoms. The van der Waals surface area contributed by atoms with E-state index in [-0.39, 0.29) is 17.7 Å². The molecule has 1 aliphatic heterocycles. The second-order valence-electron chi connectivity index (χ2n) is 6.31. The number of phenols is 1. The molecule has 1 N–H and O–H groups in total. The van der Waals surface area contributed by atoms with Gasteiger partial charge in [-0.15, -0.1) is 0 Å². The number of carbonyl (C=O) groups is 2. The van der Waals surface area contributed by atoms with Crippen molar-refractivity contribution in [2.24, 2.45) is 0 Å². The fraction of sp³-hybridized carbons (Fsp3) is 0.500. The predicted octanol–water partition coefficient (Wildman–Crippen LogP) is 2.09. The Morgan fingerprint density at radius 2 is 1.50 bits per heavy atom. The average Bonchev–Trinajstić information content (AvgIpc) is 2.46. The van der Waals surface area contributed by atoms with Crippen LogP contribution < -0.4 is 0 Å². The predicted molar refractivity (Wildman–Crippen MR) is 81.8 cm³/mol. The molecule has 2 rings (SSSR count). The highest BCUT2D eigenvalue weighted by Crippen LogP contribution is 2.15. The van der Waals surface area contributed by atoms with Crippen LogP contribution in [-0.2, 0) is 4.74 Å². The van der Waals surface area contributed by atoms with E-state index in [4.69, 9.17) is 4.74 Å². The van der Waals surface area contributed by atoms with E-state index in [1.807, 2.05) is 20.8 Å². The van der Waals surface area contributed by atoms with Gasteiger partial charge in [0, 0.05) is 31.7 Å². The Labute approximate surface area is 130 Å². The minimum absolute atomic E-state index is 0.0937. The van der Waals surface area contributed by atoms with Crippen LogP contribution >= 0.6 is 0 Å². The Morgan fingerprint density at radius 3 is 2.00 bits per heavy atom. The fourth-order valence-corrected chi connectivity index (χ4v) is 2.21. The lowest BCUT2D eigenvalue weighted by Gasteiger charge is -2.35. The zero-order chi connectivity index (χ0) is 16.3. The molecule has 0 spiro atoms. The molecule has 6 nitrogen and oxygen atoms in total. The van der Waals surface area contributed by atoms with E-state index in [9.17, 15) is 14.7 Å². The second kappa shape index (κ2) is 6.25. The van der Waals surface area contributed by atoms with E-state index in [2.05, 4.69) is 0 Å². The third-order valence-corrected chi connectivity index (χ3v) is 3.33. The molecule has 0 aromatic heterocycles. The van der Waals surface area contributed by atoms with Crippen LogP contribution in [-0.4, -0.2) is 58.7 Å². The molecule has 22 heavy (non-hydrogen) atoms. The second-order valence-corrected chi connectivity index (χ2v) is 6.31. The largest absolute Gasteiger partial charge is 0.508 e. The van der Waals surface area contributed by atoms with E-state index >= 15 is 0 Å². The van der Waals surface area contributed by atoms with Gasteiger partial charge < -0.3 is 19.6 Å². The lowest BCUT2D eigenvalue weighted by atomic mass is 10.1. The van der Waals surface area contributed by atoms with Gasteiger partial charge in [-0.05, 0) is 45.0 Å². The highest BCUT2D eigenvalue weighted by Gasteiger charge is 2.27. The molecule has 0 aliphatic carbocycles. The SMILES string of the molecule is CC(C)(C)OC(=O)N1CCN(C(=O)c2ccc(O)cc2)CC1. The molecule has 1 aromatic rings. The molecule has 1 fully saturated rings. The van der Waals surface area contributed by atoms with Gasteiger partial charge in [-0.2, -0.15) is 0 Å². The van der Waals surface area contributed by atoms with Gasteiger partial charge in [-0.25, -0.2) is 4.79 Å². The Morgan fingerprint density at radius 1 is 1.00 bits per heavy atom. The third kappa shape index (κ3) is 4.13. The molecule has 0 unspecified atom stereocenters. The molecule has 1 aromatic carbocycles. The Balaban J connectivity index is 1.90. The molecule has 2 amide bonds. The summed E-state index contributed by atoms with van der Waals surface area (Å²) in [5.41, 5.74) is 0.0133. The van der Waals surface area contributed by atoms with Crippen LogP contribution in [0.1, 0.15) is 31.1 Å². The van der Waals surface area contributed by atoms with Crippen molar-refractivity contribution in [3.63, 3.8) is 0 Å². The van der Waals surface area contributed by atoms with Gasteiger partial charge in [-0.1, -0.05) is 0 Å². The van der Waals surface area contributed by atoms with Crippen molar-refractivity contribution < 1.29 is 19.4 Å². The van der Waals surface area contributed by atoms with Crippen molar-refractivity contribution in [1.82, 2.24) is 9.80 Å². The molecule has 1 heterocycles. The average molecular weight is 306 g/mol. The summed E-state index contributed by atoms with van der Waals surface area (Å²) < 4.78 is 5.33. The van der Waals surface area contributed by atoms with Gasteiger partial charge in [0.1, 0.15) is 11.4 Å². The summed E-state index contributed by atoms with van der Waals surface area (Å²) in [4.78, 5) is 27.6. The van der Waals surface area contributed by atoms with Gasteiger partial charge in [0.25, 0.3) is 5.91 Å². The normalized spacial score (nSPS) is 15.6. The summed E-state index contributed by atoms with van der Waals surface area (Å²) in [6.45, 7) is 7.34. The van der Waals surface area contributed by atoms with Crippen LogP contribution in [0.5, 0.6) is 5.75 Å². The first kappa shape index (κ1) is 16.1. The third-order valence-electron chi connectivity index (χ3n) is 3.33. The fourth-order valence-electron chi connectivity index (χ4n) is 2.21. The van der Waals surface area contributed by atoms with Crippen molar-refractivity contribution in [1.29, 1.82) is 0 Å². The number of aromatic hydroxyl groups is 1. The number of amides is 2. The standard InChI is InChI=1S/C16H22N2O4/c1-16(2,3)22-15(21)18-10-8-17(9-11-18)14(20)12-4-6-13(19)7-5-12/h4-7,19H,8-11H2,1-3H3. The number of nitrogens with zero attached hydrogens (tertiary/aromatic N) is 2. The topological polar surface area (TPSA) is 70.1 Å². The Bertz CT molecular complexity index is 540. The van der Waals surface area contributed by atoms with Gasteiger partial charge in [0.15, 0.2) is 0 Å². The zero-order valence-corrected chi connectivity index (χ0v) is 13.2. The van der Waals surface area contributed by atoms with Crippen molar-refractivity contribution in [2.75, 3.05) is 26.2 Å². The Kier molecular flexibility index (Phi) is 4.59. The zero-order valence-electron chi connectivity index (χ0n) is 13.2. The summed E-state index contributed by atoms with van der Waals surface area (Å²) in [5.74, 6) is 0.0372. The molecule has 0 radical (unpaired) electrons. The first-order chi connectivity index (χ1) is 10.3. The monoisotopic (exact) mass is 306 g/mol. The molecule has 1 saturated heterocycles. The molecule has 1 aliphatic rings. The van der Waals surface area contributed by atoms with Gasteiger partial charge in [0.05, 0.1) is 0 Å². The van der Waals surface area contributed by atoms with Crippen LogP contribution in [0.4, 0.5) is 4.79 Å². The highest BCUT2D eigenvalue weighted by atomic mass is 16.6. The summed E-state index contributed by atoms with van der Waals surface area (Å²) in [7, 11) is 0. The maximum atomic E-state index is 12.3. The molecule has 0 atom stereocenters. The smallest absolute Gasteiger partial charge is 0.410 e. The Hall–Kier alpha value is -2.24. The maximum absolute atomic E-state index is 12.3. The van der Waals surface area contributed by atoms with Gasteiger partial charge in [0.2, 0.25) is 0 Å². The van der Waals surface area contributed by atoms with E-state index in [0.717, 1.165) is 0 Å². The summed E-state index contributed by atoms with van der Waals surface area (Å²) in [5, 5.41) is 9.25. The van der Waals surface area contributed by atoms with E-state index in [0.29, 0.717) is 31.7 Å². The first-order valence-corrected chi connectivity index (χ1v) is 7.32. The summed E-state index contributed by atoms with van der Waals surface area (Å²) in [6, 6.07) is 6.17. The van der Waals surface area contributed by atoms with Gasteiger partial charge >= 0.3 is 6.09 Å². The quantitative estimate of drug-likeness (QED) is 0.862. The number of carbonyl (C=O) groups excluding carboxylic acids is 2. The number of rotatable bonds is 1. The van der Waals surface area contributed by atoms with Gasteiger partial charge in [-0.3, -0.25) is 4.79 Å². The first-order valence-electron chi connectivity index (χ1n) is 7.32. The van der Waals surface area contributed by atoms with Crippen LogP contribution in [0, 0.1) is 0 Å². The summed E-state index contributed by atoms with van der Waals surface area (Å²) >= 11 is 0. The molecule has 120 valence electrons. The number of phenolic OH excluding ortho intramolecular Hbond substituents is 1. The van der Waals surface area contributed by atoms with Crippen molar-refractivity contribution in [3.8, 4) is 5.75 Å². The maximum Gasteiger partial charge on any atom is 0.410 e. The van der Waals surface area contributed by atoms with Crippen molar-refractivity contribution in [2.45, 2.75) is 26.4 Å². The van der Waals surface area contributed by atoms with E-state index < -0.39 is 5.60 Å². The number of piperazine rings is 1. The molecule has 0 saturated carbocycles. The minimum atomic E-state index is -0.518. The summed E-state index contributed by atoms with van der Waals surface area (Å²) in [6.07, 6.45) is -0.343. The lowest BCUT2D eigenvalue weighted by molar-refractivity contribution is 0.0141. The number of ether oxygens (including phenoxy) is 1. The van der Waals surface area contributed by atoms with Crippen LogP contribution in [0.15, 0.2) is 24.3 Å². The highest BCUT2D eigenvalue weighted by molar-refractivity contribution is 5.94. The van der Waals surface area contributed by atoms with Crippen molar-refractivity contribution in [3.05, 3.63) is 29.8 Å².